The van der Waals surface area contributed by atoms with Gasteiger partial charge in [0.2, 0.25) is 5.91 Å². The van der Waals surface area contributed by atoms with Crippen LogP contribution in [0.5, 0.6) is 0 Å². The maximum Gasteiger partial charge on any atom is 0.254 e. The summed E-state index contributed by atoms with van der Waals surface area (Å²) in [6.07, 6.45) is -0.317. The predicted molar refractivity (Wildman–Crippen MR) is 73.0 cm³/mol. The highest BCUT2D eigenvalue weighted by Gasteiger charge is 2.15. The number of nitrogens with one attached hydrogen (secondary N) is 2. The van der Waals surface area contributed by atoms with Gasteiger partial charge in [0.15, 0.2) is 0 Å². The standard InChI is InChI=1S/C14H13F2N3O2/c1-7-9(14(21)18-8(2)17-7)6-12(20)19-13-10(15)4-3-5-11(13)16/h3-5H,6H2,1-2H3,(H,19,20)(H,17,18,21). The number of carbonyl (C=O) groups is 1. The number of aromatic amines is 1. The minimum atomic E-state index is -0.879. The monoisotopic (exact) mass is 293 g/mol. The van der Waals surface area contributed by atoms with Gasteiger partial charge in [-0.1, -0.05) is 6.07 Å². The maximum atomic E-state index is 13.4. The number of rotatable bonds is 3. The minimum absolute atomic E-state index is 0.162. The van der Waals surface area contributed by atoms with Gasteiger partial charge < -0.3 is 10.3 Å². The molecule has 2 N–H and O–H groups in total. The third-order valence-electron chi connectivity index (χ3n) is 2.91. The highest BCUT2D eigenvalue weighted by Crippen LogP contribution is 2.18. The van der Waals surface area contributed by atoms with Gasteiger partial charge in [0, 0.05) is 11.3 Å². The van der Waals surface area contributed by atoms with Gasteiger partial charge in [-0.3, -0.25) is 9.59 Å². The van der Waals surface area contributed by atoms with Crippen molar-refractivity contribution in [3.05, 3.63) is 57.3 Å². The Morgan fingerprint density at radius 3 is 2.48 bits per heavy atom. The number of aromatic nitrogens is 2. The van der Waals surface area contributed by atoms with E-state index in [1.54, 1.807) is 13.8 Å². The molecule has 0 fully saturated rings. The minimum Gasteiger partial charge on any atom is -0.321 e. The number of H-pyrrole nitrogens is 1. The molecule has 110 valence electrons. The lowest BCUT2D eigenvalue weighted by Crippen LogP contribution is -2.24. The first-order chi connectivity index (χ1) is 9.88. The third-order valence-corrected chi connectivity index (χ3v) is 2.91. The first kappa shape index (κ1) is 14.8. The van der Waals surface area contributed by atoms with Crippen molar-refractivity contribution in [2.75, 3.05) is 5.32 Å². The Morgan fingerprint density at radius 1 is 1.29 bits per heavy atom. The zero-order valence-corrected chi connectivity index (χ0v) is 11.5. The van der Waals surface area contributed by atoms with Crippen molar-refractivity contribution in [3.63, 3.8) is 0 Å². The van der Waals surface area contributed by atoms with Crippen LogP contribution >= 0.6 is 0 Å². The summed E-state index contributed by atoms with van der Waals surface area (Å²) in [5, 5.41) is 2.13. The van der Waals surface area contributed by atoms with E-state index < -0.39 is 28.8 Å². The summed E-state index contributed by atoms with van der Waals surface area (Å²) in [5.41, 5.74) is -0.406. The molecule has 0 bridgehead atoms. The third kappa shape index (κ3) is 3.31. The van der Waals surface area contributed by atoms with Gasteiger partial charge in [0.05, 0.1) is 6.42 Å². The molecular formula is C14H13F2N3O2. The molecule has 0 aliphatic heterocycles. The molecule has 0 saturated heterocycles. The molecule has 1 amide bonds. The lowest BCUT2D eigenvalue weighted by molar-refractivity contribution is -0.115. The molecule has 2 rings (SSSR count). The molecule has 0 saturated carbocycles. The van der Waals surface area contributed by atoms with Crippen LogP contribution in [0.2, 0.25) is 0 Å². The molecule has 1 aromatic carbocycles. The molecule has 0 aliphatic carbocycles. The summed E-state index contributed by atoms with van der Waals surface area (Å²) in [6, 6.07) is 3.26. The maximum absolute atomic E-state index is 13.4. The number of carbonyl (C=O) groups excluding carboxylic acids is 1. The fraction of sp³-hybridized carbons (Fsp3) is 0.214. The largest absolute Gasteiger partial charge is 0.321 e. The van der Waals surface area contributed by atoms with E-state index in [-0.39, 0.29) is 12.0 Å². The van der Waals surface area contributed by atoms with Crippen LogP contribution in [0.15, 0.2) is 23.0 Å². The molecule has 1 aromatic heterocycles. The first-order valence-corrected chi connectivity index (χ1v) is 6.18. The van der Waals surface area contributed by atoms with E-state index in [4.69, 9.17) is 0 Å². The van der Waals surface area contributed by atoms with Gasteiger partial charge >= 0.3 is 0 Å². The number of aryl methyl sites for hydroxylation is 2. The predicted octanol–water partition coefficient (Wildman–Crippen LogP) is 1.85. The van der Waals surface area contributed by atoms with E-state index in [1.807, 2.05) is 0 Å². The van der Waals surface area contributed by atoms with Crippen molar-refractivity contribution < 1.29 is 13.6 Å². The number of anilines is 1. The smallest absolute Gasteiger partial charge is 0.254 e. The Kier molecular flexibility index (Phi) is 4.11. The van der Waals surface area contributed by atoms with Crippen LogP contribution in [0.25, 0.3) is 0 Å². The second-order valence-corrected chi connectivity index (χ2v) is 4.54. The highest BCUT2D eigenvalue weighted by atomic mass is 19.1. The van der Waals surface area contributed by atoms with Gasteiger partial charge in [0.1, 0.15) is 23.1 Å². The first-order valence-electron chi connectivity index (χ1n) is 6.18. The quantitative estimate of drug-likeness (QED) is 0.907. The van der Waals surface area contributed by atoms with Crippen LogP contribution in [0.3, 0.4) is 0 Å². The van der Waals surface area contributed by atoms with Gasteiger partial charge in [-0.15, -0.1) is 0 Å². The Bertz CT molecular complexity index is 736. The van der Waals surface area contributed by atoms with E-state index in [0.717, 1.165) is 12.1 Å². The van der Waals surface area contributed by atoms with Crippen LogP contribution in [0.4, 0.5) is 14.5 Å². The Hall–Kier alpha value is -2.57. The zero-order chi connectivity index (χ0) is 15.6. The average molecular weight is 293 g/mol. The Labute approximate surface area is 119 Å². The van der Waals surface area contributed by atoms with Crippen molar-refractivity contribution >= 4 is 11.6 Å². The second-order valence-electron chi connectivity index (χ2n) is 4.54. The molecule has 0 radical (unpaired) electrons. The van der Waals surface area contributed by atoms with Crippen LogP contribution in [0, 0.1) is 25.5 Å². The molecule has 0 aliphatic rings. The molecular weight excluding hydrogens is 280 g/mol. The molecule has 7 heteroatoms. The lowest BCUT2D eigenvalue weighted by Gasteiger charge is -2.08. The van der Waals surface area contributed by atoms with Crippen molar-refractivity contribution in [3.8, 4) is 0 Å². The molecule has 21 heavy (non-hydrogen) atoms. The van der Waals surface area contributed by atoms with E-state index >= 15 is 0 Å². The fourth-order valence-corrected chi connectivity index (χ4v) is 1.92. The van der Waals surface area contributed by atoms with Crippen molar-refractivity contribution in [2.45, 2.75) is 20.3 Å². The number of amides is 1. The number of hydrogen-bond acceptors (Lipinski definition) is 3. The van der Waals surface area contributed by atoms with Gasteiger partial charge in [-0.05, 0) is 26.0 Å². The number of halogens is 2. The number of hydrogen-bond donors (Lipinski definition) is 2. The van der Waals surface area contributed by atoms with Crippen LogP contribution in [-0.4, -0.2) is 15.9 Å². The molecule has 0 spiro atoms. The number of para-hydroxylation sites is 1. The average Bonchev–Trinajstić information content (AvgIpc) is 2.38. The van der Waals surface area contributed by atoms with Crippen LogP contribution in [0.1, 0.15) is 17.1 Å². The van der Waals surface area contributed by atoms with Crippen molar-refractivity contribution in [1.82, 2.24) is 9.97 Å². The SMILES string of the molecule is Cc1nc(C)c(CC(=O)Nc2c(F)cccc2F)c(=O)[nH]1. The lowest BCUT2D eigenvalue weighted by atomic mass is 10.1. The number of benzene rings is 1. The number of nitrogens with zero attached hydrogens (tertiary/aromatic N) is 1. The van der Waals surface area contributed by atoms with Crippen LogP contribution < -0.4 is 10.9 Å². The molecule has 0 atom stereocenters. The zero-order valence-electron chi connectivity index (χ0n) is 11.5. The van der Waals surface area contributed by atoms with E-state index in [1.165, 1.54) is 6.07 Å². The summed E-state index contributed by atoms with van der Waals surface area (Å²) in [5.74, 6) is -2.02. The van der Waals surface area contributed by atoms with Crippen molar-refractivity contribution in [2.24, 2.45) is 0 Å². The second kappa shape index (κ2) is 5.82. The summed E-state index contributed by atoms with van der Waals surface area (Å²) >= 11 is 0. The highest BCUT2D eigenvalue weighted by molar-refractivity contribution is 5.92. The molecule has 2 aromatic rings. The Morgan fingerprint density at radius 2 is 1.90 bits per heavy atom. The van der Waals surface area contributed by atoms with E-state index in [0.29, 0.717) is 11.5 Å². The van der Waals surface area contributed by atoms with E-state index in [2.05, 4.69) is 15.3 Å². The molecule has 5 nitrogen and oxygen atoms in total. The molecule has 0 unspecified atom stereocenters. The summed E-state index contributed by atoms with van der Waals surface area (Å²) < 4.78 is 26.9. The topological polar surface area (TPSA) is 74.8 Å². The summed E-state index contributed by atoms with van der Waals surface area (Å²) in [6.45, 7) is 3.21. The van der Waals surface area contributed by atoms with Crippen molar-refractivity contribution in [1.29, 1.82) is 0 Å². The molecule has 1 heterocycles. The van der Waals surface area contributed by atoms with Gasteiger partial charge in [-0.25, -0.2) is 13.8 Å². The van der Waals surface area contributed by atoms with Gasteiger partial charge in [-0.2, -0.15) is 0 Å². The Balaban J connectivity index is 2.22. The normalized spacial score (nSPS) is 10.5. The fourth-order valence-electron chi connectivity index (χ4n) is 1.92. The summed E-state index contributed by atoms with van der Waals surface area (Å²) in [4.78, 5) is 30.1. The van der Waals surface area contributed by atoms with E-state index in [9.17, 15) is 18.4 Å². The summed E-state index contributed by atoms with van der Waals surface area (Å²) in [7, 11) is 0. The van der Waals surface area contributed by atoms with Gasteiger partial charge in [0.25, 0.3) is 5.56 Å². The van der Waals surface area contributed by atoms with Crippen LogP contribution in [-0.2, 0) is 11.2 Å².